The molecule has 0 aliphatic heterocycles. The number of fused-ring (bicyclic) bond motifs is 2. The first kappa shape index (κ1) is 24.3. The Morgan fingerprint density at radius 2 is 1.80 bits per heavy atom. The molecule has 1 saturated carbocycles. The number of aliphatic hydroxyl groups excluding tert-OH is 1. The van der Waals surface area contributed by atoms with Gasteiger partial charge in [-0.15, -0.1) is 0 Å². The number of nitrogens with zero attached hydrogens (tertiary/aromatic N) is 5. The third kappa shape index (κ3) is 4.24. The van der Waals surface area contributed by atoms with E-state index in [2.05, 4.69) is 35.5 Å². The number of imidazole rings is 1. The molecule has 1 aliphatic carbocycles. The number of hydrogen-bond donors (Lipinski definition) is 4. The molecule has 5 aromatic heterocycles. The molecule has 1 atom stereocenters. The van der Waals surface area contributed by atoms with Crippen LogP contribution in [0.5, 0.6) is 0 Å². The largest absolute Gasteiger partial charge is 0.374 e. The Hall–Kier alpha value is -4.77. The van der Waals surface area contributed by atoms with Crippen LogP contribution >= 0.6 is 0 Å². The SMILES string of the molecule is OC(Nc1cncc(-c2cnc3n[nH]c(-c4nc5c(-c6ccc(F)cc6)nccc5[nH]4)c3c2F)c1)C1CCCC1. The van der Waals surface area contributed by atoms with Gasteiger partial charge in [-0.25, -0.2) is 18.7 Å². The molecular formula is C29H24F2N8O. The molecule has 7 rings (SSSR count). The van der Waals surface area contributed by atoms with Crippen molar-refractivity contribution in [1.82, 2.24) is 35.1 Å². The highest BCUT2D eigenvalue weighted by molar-refractivity contribution is 5.96. The van der Waals surface area contributed by atoms with Crippen molar-refractivity contribution in [3.05, 3.63) is 72.8 Å². The number of aromatic nitrogens is 7. The Labute approximate surface area is 226 Å². The van der Waals surface area contributed by atoms with Crippen LogP contribution in [0.15, 0.2) is 61.2 Å². The van der Waals surface area contributed by atoms with Gasteiger partial charge in [0.2, 0.25) is 0 Å². The van der Waals surface area contributed by atoms with E-state index in [1.54, 1.807) is 42.9 Å². The maximum absolute atomic E-state index is 16.1. The lowest BCUT2D eigenvalue weighted by molar-refractivity contribution is 0.137. The number of anilines is 1. The molecule has 200 valence electrons. The van der Waals surface area contributed by atoms with Crippen LogP contribution in [0.3, 0.4) is 0 Å². The van der Waals surface area contributed by atoms with Crippen LogP contribution in [0.25, 0.3) is 56.0 Å². The summed E-state index contributed by atoms with van der Waals surface area (Å²) < 4.78 is 29.6. The molecule has 11 heteroatoms. The van der Waals surface area contributed by atoms with Gasteiger partial charge in [0.25, 0.3) is 0 Å². The number of hydrogen-bond acceptors (Lipinski definition) is 7. The van der Waals surface area contributed by atoms with Crippen LogP contribution < -0.4 is 5.32 Å². The van der Waals surface area contributed by atoms with Gasteiger partial charge in [0.15, 0.2) is 11.5 Å². The lowest BCUT2D eigenvalue weighted by Gasteiger charge is -2.20. The number of benzene rings is 1. The van der Waals surface area contributed by atoms with E-state index < -0.39 is 12.0 Å². The number of pyridine rings is 3. The van der Waals surface area contributed by atoms with E-state index in [0.29, 0.717) is 45.1 Å². The minimum Gasteiger partial charge on any atom is -0.374 e. The van der Waals surface area contributed by atoms with Gasteiger partial charge in [-0.2, -0.15) is 5.10 Å². The maximum Gasteiger partial charge on any atom is 0.184 e. The topological polar surface area (TPSA) is 128 Å². The van der Waals surface area contributed by atoms with E-state index in [9.17, 15) is 9.50 Å². The Morgan fingerprint density at radius 1 is 0.975 bits per heavy atom. The maximum atomic E-state index is 16.1. The number of aliphatic hydroxyl groups is 1. The van der Waals surface area contributed by atoms with Crippen molar-refractivity contribution in [3.8, 4) is 33.9 Å². The first-order valence-corrected chi connectivity index (χ1v) is 13.1. The number of rotatable bonds is 6. The van der Waals surface area contributed by atoms with Gasteiger partial charge >= 0.3 is 0 Å². The normalized spacial score (nSPS) is 14.8. The van der Waals surface area contributed by atoms with Crippen molar-refractivity contribution >= 4 is 27.8 Å². The Kier molecular flexibility index (Phi) is 5.93. The first-order valence-electron chi connectivity index (χ1n) is 13.1. The zero-order chi connectivity index (χ0) is 27.2. The number of aromatic amines is 2. The molecule has 1 aromatic carbocycles. The van der Waals surface area contributed by atoms with Crippen LogP contribution in [0.1, 0.15) is 25.7 Å². The van der Waals surface area contributed by atoms with Gasteiger partial charge < -0.3 is 15.4 Å². The van der Waals surface area contributed by atoms with E-state index in [1.807, 2.05) is 0 Å². The summed E-state index contributed by atoms with van der Waals surface area (Å²) in [5.41, 5.74) is 4.39. The third-order valence-electron chi connectivity index (χ3n) is 7.48. The van der Waals surface area contributed by atoms with Crippen molar-refractivity contribution in [2.45, 2.75) is 31.9 Å². The molecule has 5 heterocycles. The summed E-state index contributed by atoms with van der Waals surface area (Å²) in [5, 5.41) is 20.9. The van der Waals surface area contributed by atoms with Gasteiger partial charge in [0.1, 0.15) is 29.1 Å². The fourth-order valence-electron chi connectivity index (χ4n) is 5.42. The van der Waals surface area contributed by atoms with Crippen LogP contribution in [-0.2, 0) is 0 Å². The summed E-state index contributed by atoms with van der Waals surface area (Å²) >= 11 is 0. The number of H-pyrrole nitrogens is 2. The van der Waals surface area contributed by atoms with Crippen molar-refractivity contribution < 1.29 is 13.9 Å². The van der Waals surface area contributed by atoms with Crippen LogP contribution in [0, 0.1) is 17.6 Å². The fourth-order valence-corrected chi connectivity index (χ4v) is 5.42. The molecule has 6 aromatic rings. The highest BCUT2D eigenvalue weighted by Gasteiger charge is 2.24. The van der Waals surface area contributed by atoms with Gasteiger partial charge in [0, 0.05) is 41.2 Å². The van der Waals surface area contributed by atoms with E-state index in [-0.39, 0.29) is 28.3 Å². The van der Waals surface area contributed by atoms with E-state index in [0.717, 1.165) is 25.7 Å². The van der Waals surface area contributed by atoms with E-state index >= 15 is 4.39 Å². The van der Waals surface area contributed by atoms with E-state index in [1.165, 1.54) is 18.3 Å². The summed E-state index contributed by atoms with van der Waals surface area (Å²) in [4.78, 5) is 21.0. The third-order valence-corrected chi connectivity index (χ3v) is 7.48. The van der Waals surface area contributed by atoms with Crippen molar-refractivity contribution in [1.29, 1.82) is 0 Å². The minimum absolute atomic E-state index is 0.178. The van der Waals surface area contributed by atoms with Crippen molar-refractivity contribution in [2.24, 2.45) is 5.92 Å². The summed E-state index contributed by atoms with van der Waals surface area (Å²) in [5.74, 6) is -0.321. The smallest absolute Gasteiger partial charge is 0.184 e. The summed E-state index contributed by atoms with van der Waals surface area (Å²) in [6.07, 6.45) is 9.70. The first-order chi connectivity index (χ1) is 19.5. The van der Waals surface area contributed by atoms with Crippen LogP contribution in [-0.4, -0.2) is 46.5 Å². The second-order valence-corrected chi connectivity index (χ2v) is 10.0. The molecule has 0 saturated heterocycles. The summed E-state index contributed by atoms with van der Waals surface area (Å²) in [6, 6.07) is 9.51. The molecule has 0 radical (unpaired) electrons. The van der Waals surface area contributed by atoms with Crippen molar-refractivity contribution in [3.63, 3.8) is 0 Å². The zero-order valence-electron chi connectivity index (χ0n) is 21.2. The molecule has 40 heavy (non-hydrogen) atoms. The predicted octanol–water partition coefficient (Wildman–Crippen LogP) is 5.82. The molecule has 0 spiro atoms. The number of nitrogens with one attached hydrogen (secondary N) is 3. The Morgan fingerprint density at radius 3 is 2.62 bits per heavy atom. The van der Waals surface area contributed by atoms with Gasteiger partial charge in [-0.1, -0.05) is 12.8 Å². The second kappa shape index (κ2) is 9.76. The monoisotopic (exact) mass is 538 g/mol. The van der Waals surface area contributed by atoms with Gasteiger partial charge in [-0.3, -0.25) is 15.1 Å². The highest BCUT2D eigenvalue weighted by Crippen LogP contribution is 2.35. The predicted molar refractivity (Wildman–Crippen MR) is 147 cm³/mol. The molecule has 4 N–H and O–H groups in total. The summed E-state index contributed by atoms with van der Waals surface area (Å²) in [6.45, 7) is 0. The number of halogens is 2. The molecule has 1 aliphatic rings. The lowest BCUT2D eigenvalue weighted by atomic mass is 10.1. The van der Waals surface area contributed by atoms with Gasteiger partial charge in [-0.05, 0) is 49.2 Å². The lowest BCUT2D eigenvalue weighted by Crippen LogP contribution is -2.26. The quantitative estimate of drug-likeness (QED) is 0.197. The second-order valence-electron chi connectivity index (χ2n) is 10.0. The van der Waals surface area contributed by atoms with Crippen LogP contribution in [0.2, 0.25) is 0 Å². The molecule has 0 bridgehead atoms. The zero-order valence-corrected chi connectivity index (χ0v) is 21.2. The molecule has 0 amide bonds. The Balaban J connectivity index is 1.27. The summed E-state index contributed by atoms with van der Waals surface area (Å²) in [7, 11) is 0. The standard InChI is InChI=1S/C29H24F2N8O/c30-18-7-5-15(6-8-18)24-25-21(9-10-33-24)36-28(37-25)26-22-23(31)20(14-34-27(22)39-38-26)17-11-19(13-32-12-17)35-29(40)16-3-1-2-4-16/h5-14,16,29,35,40H,1-4H2,(H,36,37)(H,34,38,39). The molecule has 1 fully saturated rings. The van der Waals surface area contributed by atoms with Crippen molar-refractivity contribution in [2.75, 3.05) is 5.32 Å². The minimum atomic E-state index is -0.687. The highest BCUT2D eigenvalue weighted by atomic mass is 19.1. The molecule has 1 unspecified atom stereocenters. The van der Waals surface area contributed by atoms with Crippen LogP contribution in [0.4, 0.5) is 14.5 Å². The fraction of sp³-hybridized carbons (Fsp3) is 0.207. The average Bonchev–Trinajstić information content (AvgIpc) is 3.73. The molecule has 9 nitrogen and oxygen atoms in total. The molecular weight excluding hydrogens is 514 g/mol. The Bertz CT molecular complexity index is 1840. The van der Waals surface area contributed by atoms with E-state index in [4.69, 9.17) is 4.98 Å². The average molecular weight is 539 g/mol. The van der Waals surface area contributed by atoms with Gasteiger partial charge in [0.05, 0.1) is 28.5 Å².